The predicted octanol–water partition coefficient (Wildman–Crippen LogP) is -0.571. The van der Waals surface area contributed by atoms with E-state index in [0.717, 1.165) is 8.61 Å². The van der Waals surface area contributed by atoms with Crippen LogP contribution in [0.15, 0.2) is 0 Å². The van der Waals surface area contributed by atoms with Gasteiger partial charge in [0.05, 0.1) is 19.1 Å². The summed E-state index contributed by atoms with van der Waals surface area (Å²) in [5.41, 5.74) is -1.12. The summed E-state index contributed by atoms with van der Waals surface area (Å²) in [6.45, 7) is 3.05. The lowest BCUT2D eigenvalue weighted by atomic mass is 10.1. The molecule has 18 heavy (non-hydrogen) atoms. The van der Waals surface area contributed by atoms with Gasteiger partial charge in [0.25, 0.3) is 10.2 Å². The van der Waals surface area contributed by atoms with E-state index in [0.29, 0.717) is 0 Å². The molecule has 0 unspecified atom stereocenters. The number of likely N-dealkylation sites (N-methyl/N-ethyl adjacent to an activating group) is 1. The van der Waals surface area contributed by atoms with Crippen molar-refractivity contribution in [3.63, 3.8) is 0 Å². The molecule has 0 aromatic heterocycles. The van der Waals surface area contributed by atoms with E-state index in [1.165, 1.54) is 35.1 Å². The van der Waals surface area contributed by atoms with E-state index in [-0.39, 0.29) is 19.5 Å². The summed E-state index contributed by atoms with van der Waals surface area (Å²) in [6.07, 6.45) is -0.0113. The van der Waals surface area contributed by atoms with Gasteiger partial charge in [-0.3, -0.25) is 4.79 Å². The number of rotatable bonds is 7. The molecule has 0 aliphatic carbocycles. The second-order valence-corrected chi connectivity index (χ2v) is 6.87. The molecule has 0 aromatic rings. The van der Waals surface area contributed by atoms with Crippen molar-refractivity contribution in [2.75, 3.05) is 34.3 Å². The summed E-state index contributed by atoms with van der Waals surface area (Å²) in [6, 6.07) is 0. The number of esters is 1. The summed E-state index contributed by atoms with van der Waals surface area (Å²) in [5, 5.41) is 9.59. The topological polar surface area (TPSA) is 87.2 Å². The Kier molecular flexibility index (Phi) is 6.21. The Hall–Kier alpha value is -0.700. The maximum absolute atomic E-state index is 12.0. The maximum Gasteiger partial charge on any atom is 0.306 e. The van der Waals surface area contributed by atoms with Gasteiger partial charge in [0, 0.05) is 27.2 Å². The fourth-order valence-electron chi connectivity index (χ4n) is 1.33. The van der Waals surface area contributed by atoms with Crippen LogP contribution >= 0.6 is 0 Å². The van der Waals surface area contributed by atoms with Crippen LogP contribution in [0.4, 0.5) is 0 Å². The predicted molar refractivity (Wildman–Crippen MR) is 67.1 cm³/mol. The van der Waals surface area contributed by atoms with Gasteiger partial charge in [-0.05, 0) is 13.8 Å². The zero-order valence-electron chi connectivity index (χ0n) is 11.5. The largest absolute Gasteiger partial charge is 0.469 e. The lowest BCUT2D eigenvalue weighted by Gasteiger charge is -2.28. The molecule has 0 aliphatic rings. The Morgan fingerprint density at radius 1 is 1.28 bits per heavy atom. The van der Waals surface area contributed by atoms with Gasteiger partial charge in [-0.25, -0.2) is 0 Å². The third kappa shape index (κ3) is 5.76. The number of ether oxygens (including phenoxy) is 1. The van der Waals surface area contributed by atoms with Crippen LogP contribution in [0.1, 0.15) is 20.3 Å². The second kappa shape index (κ2) is 6.46. The molecule has 0 spiro atoms. The third-order valence-electron chi connectivity index (χ3n) is 2.26. The lowest BCUT2D eigenvalue weighted by molar-refractivity contribution is -0.140. The number of carbonyl (C=O) groups is 1. The highest BCUT2D eigenvalue weighted by Crippen LogP contribution is 2.10. The van der Waals surface area contributed by atoms with Crippen LogP contribution < -0.4 is 0 Å². The van der Waals surface area contributed by atoms with Crippen LogP contribution in [0.25, 0.3) is 0 Å². The molecule has 0 heterocycles. The fraction of sp³-hybridized carbons (Fsp3) is 0.900. The molecule has 108 valence electrons. The molecule has 0 bridgehead atoms. The van der Waals surface area contributed by atoms with Gasteiger partial charge in [-0.2, -0.15) is 17.0 Å². The van der Waals surface area contributed by atoms with Crippen LogP contribution in [0, 0.1) is 0 Å². The Morgan fingerprint density at radius 3 is 2.17 bits per heavy atom. The van der Waals surface area contributed by atoms with Crippen LogP contribution in [0.3, 0.4) is 0 Å². The van der Waals surface area contributed by atoms with Crippen molar-refractivity contribution < 1.29 is 23.1 Å². The van der Waals surface area contributed by atoms with E-state index < -0.39 is 21.8 Å². The molecule has 0 aliphatic heterocycles. The standard InChI is InChI=1S/C10H22N2O5S/c1-10(2,14)8-12(4)18(15,16)11(3)7-6-9(13)17-5/h14H,6-8H2,1-5H3. The van der Waals surface area contributed by atoms with Crippen LogP contribution in [-0.2, 0) is 19.7 Å². The van der Waals surface area contributed by atoms with E-state index in [1.54, 1.807) is 0 Å². The Bertz CT molecular complexity index is 374. The number of nitrogens with zero attached hydrogens (tertiary/aromatic N) is 2. The van der Waals surface area contributed by atoms with Gasteiger partial charge in [0.1, 0.15) is 0 Å². The van der Waals surface area contributed by atoms with Crippen molar-refractivity contribution in [3.8, 4) is 0 Å². The number of hydrogen-bond donors (Lipinski definition) is 1. The first-order valence-electron chi connectivity index (χ1n) is 5.47. The molecule has 0 amide bonds. The average molecular weight is 282 g/mol. The van der Waals surface area contributed by atoms with Crippen molar-refractivity contribution in [2.24, 2.45) is 0 Å². The monoisotopic (exact) mass is 282 g/mol. The second-order valence-electron chi connectivity index (χ2n) is 4.72. The first kappa shape index (κ1) is 17.3. The van der Waals surface area contributed by atoms with Crippen LogP contribution in [-0.4, -0.2) is 68.0 Å². The molecular weight excluding hydrogens is 260 g/mol. The van der Waals surface area contributed by atoms with Crippen molar-refractivity contribution >= 4 is 16.2 Å². The van der Waals surface area contributed by atoms with Crippen molar-refractivity contribution in [2.45, 2.75) is 25.9 Å². The summed E-state index contributed by atoms with van der Waals surface area (Å²) in [4.78, 5) is 10.9. The van der Waals surface area contributed by atoms with Crippen LogP contribution in [0.5, 0.6) is 0 Å². The molecule has 0 saturated heterocycles. The van der Waals surface area contributed by atoms with E-state index in [1.807, 2.05) is 0 Å². The Balaban J connectivity index is 4.57. The zero-order valence-corrected chi connectivity index (χ0v) is 12.3. The van der Waals surface area contributed by atoms with Gasteiger partial charge in [-0.1, -0.05) is 0 Å². The normalized spacial score (nSPS) is 13.1. The van der Waals surface area contributed by atoms with E-state index in [9.17, 15) is 18.3 Å². The molecule has 0 saturated carbocycles. The minimum atomic E-state index is -3.68. The molecule has 0 atom stereocenters. The first-order chi connectivity index (χ1) is 8.00. The minimum absolute atomic E-state index is 0.0113. The smallest absolute Gasteiger partial charge is 0.306 e. The van der Waals surface area contributed by atoms with E-state index in [2.05, 4.69) is 4.74 Å². The fourth-order valence-corrected chi connectivity index (χ4v) is 2.61. The highest BCUT2D eigenvalue weighted by atomic mass is 32.2. The minimum Gasteiger partial charge on any atom is -0.469 e. The quantitative estimate of drug-likeness (QED) is 0.632. The first-order valence-corrected chi connectivity index (χ1v) is 6.87. The van der Waals surface area contributed by atoms with Gasteiger partial charge < -0.3 is 9.84 Å². The summed E-state index contributed by atoms with van der Waals surface area (Å²) in [5.74, 6) is -0.470. The average Bonchev–Trinajstić information content (AvgIpc) is 2.22. The maximum atomic E-state index is 12.0. The SMILES string of the molecule is COC(=O)CCN(C)S(=O)(=O)N(C)CC(C)(C)O. The van der Waals surface area contributed by atoms with Crippen molar-refractivity contribution in [1.29, 1.82) is 0 Å². The Morgan fingerprint density at radius 2 is 1.78 bits per heavy atom. The third-order valence-corrected chi connectivity index (χ3v) is 4.14. The number of methoxy groups -OCH3 is 1. The Labute approximate surface area is 109 Å². The highest BCUT2D eigenvalue weighted by Gasteiger charge is 2.28. The van der Waals surface area contributed by atoms with Gasteiger partial charge in [0.2, 0.25) is 0 Å². The summed E-state index contributed by atoms with van der Waals surface area (Å²) < 4.78 is 30.5. The molecule has 8 heteroatoms. The number of carbonyl (C=O) groups excluding carboxylic acids is 1. The van der Waals surface area contributed by atoms with E-state index >= 15 is 0 Å². The molecule has 0 fully saturated rings. The summed E-state index contributed by atoms with van der Waals surface area (Å²) in [7, 11) is 0.321. The molecule has 0 aromatic carbocycles. The summed E-state index contributed by atoms with van der Waals surface area (Å²) >= 11 is 0. The molecule has 7 nitrogen and oxygen atoms in total. The van der Waals surface area contributed by atoms with Gasteiger partial charge in [-0.15, -0.1) is 0 Å². The molecular formula is C10H22N2O5S. The van der Waals surface area contributed by atoms with Crippen molar-refractivity contribution in [3.05, 3.63) is 0 Å². The van der Waals surface area contributed by atoms with Gasteiger partial charge in [0.15, 0.2) is 0 Å². The number of aliphatic hydroxyl groups is 1. The highest BCUT2D eigenvalue weighted by molar-refractivity contribution is 7.86. The van der Waals surface area contributed by atoms with E-state index in [4.69, 9.17) is 0 Å². The molecule has 0 radical (unpaired) electrons. The van der Waals surface area contributed by atoms with Gasteiger partial charge >= 0.3 is 5.97 Å². The van der Waals surface area contributed by atoms with Crippen LogP contribution in [0.2, 0.25) is 0 Å². The lowest BCUT2D eigenvalue weighted by Crippen LogP contribution is -2.46. The zero-order chi connectivity index (χ0) is 14.6. The number of hydrogen-bond acceptors (Lipinski definition) is 5. The molecule has 1 N–H and O–H groups in total. The molecule has 0 rings (SSSR count). The van der Waals surface area contributed by atoms with Crippen molar-refractivity contribution in [1.82, 2.24) is 8.61 Å².